The molecular weight excluding hydrogens is 228 g/mol. The van der Waals surface area contributed by atoms with Crippen molar-refractivity contribution in [2.75, 3.05) is 0 Å². The van der Waals surface area contributed by atoms with Crippen LogP contribution in [0.15, 0.2) is 4.52 Å². The van der Waals surface area contributed by atoms with Gasteiger partial charge < -0.3 is 9.32 Å². The van der Waals surface area contributed by atoms with Crippen LogP contribution in [-0.2, 0) is 10.2 Å². The van der Waals surface area contributed by atoms with E-state index in [0.717, 1.165) is 50.2 Å². The molecule has 0 spiro atoms. The Morgan fingerprint density at radius 2 is 1.78 bits per heavy atom. The minimum atomic E-state index is -0.0267. The maximum absolute atomic E-state index is 11.2. The summed E-state index contributed by atoms with van der Waals surface area (Å²) in [5, 5.41) is 4.15. The quantitative estimate of drug-likeness (QED) is 0.769. The van der Waals surface area contributed by atoms with E-state index in [2.05, 4.69) is 10.1 Å². The van der Waals surface area contributed by atoms with Crippen molar-refractivity contribution in [1.29, 1.82) is 0 Å². The fraction of sp³-hybridized carbons (Fsp3) is 0.786. The Balaban J connectivity index is 1.62. The van der Waals surface area contributed by atoms with Crippen LogP contribution in [-0.4, -0.2) is 16.4 Å². The fourth-order valence-corrected chi connectivity index (χ4v) is 3.67. The van der Waals surface area contributed by atoms with Crippen LogP contribution in [0, 0.1) is 5.41 Å². The lowest BCUT2D eigenvalue weighted by molar-refractivity contribution is -0.122. The van der Waals surface area contributed by atoms with Crippen LogP contribution < -0.4 is 0 Å². The first kappa shape index (κ1) is 10.7. The van der Waals surface area contributed by atoms with Crippen LogP contribution in [0.25, 0.3) is 0 Å². The molecule has 18 heavy (non-hydrogen) atoms. The van der Waals surface area contributed by atoms with E-state index in [1.54, 1.807) is 0 Å². The molecule has 5 rings (SSSR count). The van der Waals surface area contributed by atoms with E-state index in [4.69, 9.17) is 4.52 Å². The number of fused-ring (bicyclic) bond motifs is 3. The van der Waals surface area contributed by atoms with E-state index < -0.39 is 0 Å². The molecule has 4 saturated carbocycles. The van der Waals surface area contributed by atoms with Gasteiger partial charge in [-0.25, -0.2) is 0 Å². The number of hydrogen-bond donors (Lipinski definition) is 0. The highest BCUT2D eigenvalue weighted by Crippen LogP contribution is 2.56. The minimum Gasteiger partial charge on any atom is -0.339 e. The second-order valence-electron chi connectivity index (χ2n) is 6.49. The lowest BCUT2D eigenvalue weighted by atomic mass is 9.54. The zero-order valence-electron chi connectivity index (χ0n) is 10.5. The number of aromatic nitrogens is 2. The third-order valence-corrected chi connectivity index (χ3v) is 5.39. The molecule has 0 aliphatic heterocycles. The van der Waals surface area contributed by atoms with Gasteiger partial charge in [0.25, 0.3) is 0 Å². The summed E-state index contributed by atoms with van der Waals surface area (Å²) in [6.07, 6.45) is 9.72. The number of carbonyl (C=O) groups is 1. The summed E-state index contributed by atoms with van der Waals surface area (Å²) in [5.74, 6) is 2.32. The Bertz CT molecular complexity index is 465. The Morgan fingerprint density at radius 1 is 1.11 bits per heavy atom. The molecule has 0 unspecified atom stereocenters. The van der Waals surface area contributed by atoms with Gasteiger partial charge in [0.1, 0.15) is 6.29 Å². The molecule has 1 aromatic heterocycles. The normalized spacial score (nSPS) is 38.9. The maximum atomic E-state index is 11.2. The second-order valence-corrected chi connectivity index (χ2v) is 6.49. The predicted molar refractivity (Wildman–Crippen MR) is 64.2 cm³/mol. The molecule has 4 aliphatic carbocycles. The van der Waals surface area contributed by atoms with E-state index in [1.165, 1.54) is 19.1 Å². The lowest BCUT2D eigenvalue weighted by Crippen LogP contribution is -2.45. The molecule has 0 N–H and O–H groups in total. The molecule has 1 aromatic rings. The standard InChI is InChI=1S/C14H18N2O2/c17-9-13-3-6-14(7-4-13,8-5-13)12-15-11(16-18-12)10-1-2-10/h9-10H,1-8H2. The zero-order valence-corrected chi connectivity index (χ0v) is 10.5. The summed E-state index contributed by atoms with van der Waals surface area (Å²) < 4.78 is 5.54. The Hall–Kier alpha value is -1.19. The molecular formula is C14H18N2O2. The van der Waals surface area contributed by atoms with Crippen molar-refractivity contribution in [2.24, 2.45) is 5.41 Å². The number of aldehydes is 1. The highest BCUT2D eigenvalue weighted by atomic mass is 16.5. The van der Waals surface area contributed by atoms with E-state index in [-0.39, 0.29) is 10.8 Å². The Kier molecular flexibility index (Phi) is 2.04. The SMILES string of the molecule is O=CC12CCC(c3nc(C4CC4)no3)(CC1)CC2. The van der Waals surface area contributed by atoms with Crippen molar-refractivity contribution >= 4 is 6.29 Å². The molecule has 0 atom stereocenters. The molecule has 2 bridgehead atoms. The minimum absolute atomic E-state index is 0.0267. The maximum Gasteiger partial charge on any atom is 0.232 e. The average Bonchev–Trinajstić information content (AvgIpc) is 3.18. The summed E-state index contributed by atoms with van der Waals surface area (Å²) >= 11 is 0. The number of nitrogens with zero attached hydrogens (tertiary/aromatic N) is 2. The third kappa shape index (κ3) is 1.41. The van der Waals surface area contributed by atoms with Gasteiger partial charge in [-0.2, -0.15) is 4.98 Å². The monoisotopic (exact) mass is 246 g/mol. The van der Waals surface area contributed by atoms with Gasteiger partial charge in [-0.3, -0.25) is 0 Å². The highest BCUT2D eigenvalue weighted by Gasteiger charge is 2.52. The van der Waals surface area contributed by atoms with Gasteiger partial charge in [-0.1, -0.05) is 5.16 Å². The summed E-state index contributed by atoms with van der Waals surface area (Å²) in [7, 11) is 0. The summed E-state index contributed by atoms with van der Waals surface area (Å²) in [4.78, 5) is 15.9. The molecule has 4 nitrogen and oxygen atoms in total. The van der Waals surface area contributed by atoms with Crippen LogP contribution in [0.3, 0.4) is 0 Å². The van der Waals surface area contributed by atoms with Gasteiger partial charge in [0.15, 0.2) is 5.82 Å². The van der Waals surface area contributed by atoms with Crippen LogP contribution in [0.4, 0.5) is 0 Å². The van der Waals surface area contributed by atoms with Gasteiger partial charge >= 0.3 is 0 Å². The molecule has 4 fully saturated rings. The van der Waals surface area contributed by atoms with Gasteiger partial charge in [0, 0.05) is 16.7 Å². The zero-order chi connectivity index (χ0) is 12.2. The largest absolute Gasteiger partial charge is 0.339 e. The predicted octanol–water partition coefficient (Wildman–Crippen LogP) is 2.74. The average molecular weight is 246 g/mol. The van der Waals surface area contributed by atoms with Crippen LogP contribution in [0.1, 0.15) is 69.0 Å². The number of rotatable bonds is 3. The Labute approximate surface area is 106 Å². The fourth-order valence-electron chi connectivity index (χ4n) is 3.67. The lowest BCUT2D eigenvalue weighted by Gasteiger charge is -2.49. The van der Waals surface area contributed by atoms with E-state index in [1.807, 2.05) is 0 Å². The van der Waals surface area contributed by atoms with Crippen molar-refractivity contribution in [3.63, 3.8) is 0 Å². The van der Waals surface area contributed by atoms with Crippen LogP contribution in [0.2, 0.25) is 0 Å². The topological polar surface area (TPSA) is 56.0 Å². The summed E-state index contributed by atoms with van der Waals surface area (Å²) in [6.45, 7) is 0. The van der Waals surface area contributed by atoms with Crippen molar-refractivity contribution in [3.05, 3.63) is 11.7 Å². The van der Waals surface area contributed by atoms with Crippen molar-refractivity contribution in [1.82, 2.24) is 10.1 Å². The first-order valence-corrected chi connectivity index (χ1v) is 7.06. The van der Waals surface area contributed by atoms with Gasteiger partial charge in [-0.15, -0.1) is 0 Å². The molecule has 4 aliphatic rings. The smallest absolute Gasteiger partial charge is 0.232 e. The molecule has 0 amide bonds. The first-order chi connectivity index (χ1) is 8.75. The van der Waals surface area contributed by atoms with Crippen molar-refractivity contribution in [2.45, 2.75) is 62.7 Å². The molecule has 96 valence electrons. The number of hydrogen-bond acceptors (Lipinski definition) is 4. The van der Waals surface area contributed by atoms with E-state index in [0.29, 0.717) is 5.92 Å². The first-order valence-electron chi connectivity index (χ1n) is 7.06. The summed E-state index contributed by atoms with van der Waals surface area (Å²) in [5.41, 5.74) is 0.0615. The van der Waals surface area contributed by atoms with Crippen LogP contribution >= 0.6 is 0 Å². The van der Waals surface area contributed by atoms with E-state index >= 15 is 0 Å². The highest BCUT2D eigenvalue weighted by molar-refractivity contribution is 5.60. The van der Waals surface area contributed by atoms with Gasteiger partial charge in [-0.05, 0) is 51.4 Å². The molecule has 0 aromatic carbocycles. The van der Waals surface area contributed by atoms with Gasteiger partial charge in [0.05, 0.1) is 0 Å². The summed E-state index contributed by atoms with van der Waals surface area (Å²) in [6, 6.07) is 0. The second kappa shape index (κ2) is 3.43. The van der Waals surface area contributed by atoms with Crippen molar-refractivity contribution in [3.8, 4) is 0 Å². The number of carbonyl (C=O) groups excluding carboxylic acids is 1. The molecule has 4 heteroatoms. The Morgan fingerprint density at radius 3 is 2.33 bits per heavy atom. The van der Waals surface area contributed by atoms with Crippen molar-refractivity contribution < 1.29 is 9.32 Å². The third-order valence-electron chi connectivity index (χ3n) is 5.39. The molecule has 0 saturated heterocycles. The van der Waals surface area contributed by atoms with E-state index in [9.17, 15) is 4.79 Å². The molecule has 1 heterocycles. The van der Waals surface area contributed by atoms with Crippen LogP contribution in [0.5, 0.6) is 0 Å². The molecule has 0 radical (unpaired) electrons. The van der Waals surface area contributed by atoms with Gasteiger partial charge in [0.2, 0.25) is 5.89 Å².